The standard InChI is InChI=1S/C16H21N3/c1-2-12-7-9-19(10-12)11-13-5-6-15(17)14-4-3-8-18-16(13)14/h3-6,8,12H,2,7,9-11,17H2,1H3. The molecule has 1 unspecified atom stereocenters. The van der Waals surface area contributed by atoms with Crippen molar-refractivity contribution in [3.8, 4) is 0 Å². The first kappa shape index (κ1) is 12.4. The number of nitrogens with two attached hydrogens (primary N) is 1. The highest BCUT2D eigenvalue weighted by Gasteiger charge is 2.21. The van der Waals surface area contributed by atoms with Crippen molar-refractivity contribution in [1.29, 1.82) is 0 Å². The number of rotatable bonds is 3. The van der Waals surface area contributed by atoms with Crippen LogP contribution in [0.5, 0.6) is 0 Å². The highest BCUT2D eigenvalue weighted by molar-refractivity contribution is 5.92. The van der Waals surface area contributed by atoms with Crippen LogP contribution in [0.2, 0.25) is 0 Å². The molecule has 0 saturated carbocycles. The summed E-state index contributed by atoms with van der Waals surface area (Å²) in [7, 11) is 0. The smallest absolute Gasteiger partial charge is 0.0767 e. The first-order valence-corrected chi connectivity index (χ1v) is 7.12. The lowest BCUT2D eigenvalue weighted by molar-refractivity contribution is 0.316. The van der Waals surface area contributed by atoms with Gasteiger partial charge < -0.3 is 5.73 Å². The van der Waals surface area contributed by atoms with Crippen LogP contribution in [0.3, 0.4) is 0 Å². The number of anilines is 1. The molecule has 1 aliphatic rings. The Hall–Kier alpha value is -1.61. The monoisotopic (exact) mass is 255 g/mol. The molecular weight excluding hydrogens is 234 g/mol. The van der Waals surface area contributed by atoms with Crippen LogP contribution in [0.25, 0.3) is 10.9 Å². The first-order valence-electron chi connectivity index (χ1n) is 7.12. The van der Waals surface area contributed by atoms with E-state index in [9.17, 15) is 0 Å². The maximum Gasteiger partial charge on any atom is 0.0767 e. The van der Waals surface area contributed by atoms with E-state index in [2.05, 4.69) is 28.9 Å². The molecule has 2 aromatic rings. The molecule has 1 aromatic carbocycles. The molecule has 1 atom stereocenters. The third-order valence-electron chi connectivity index (χ3n) is 4.23. The fraction of sp³-hybridized carbons (Fsp3) is 0.438. The zero-order valence-electron chi connectivity index (χ0n) is 11.5. The lowest BCUT2D eigenvalue weighted by atomic mass is 10.1. The predicted octanol–water partition coefficient (Wildman–Crippen LogP) is 3.05. The number of pyridine rings is 1. The average molecular weight is 255 g/mol. The van der Waals surface area contributed by atoms with Gasteiger partial charge in [-0.2, -0.15) is 0 Å². The second kappa shape index (κ2) is 5.17. The Bertz CT molecular complexity index is 579. The topological polar surface area (TPSA) is 42.1 Å². The molecule has 0 amide bonds. The van der Waals surface area contributed by atoms with E-state index in [4.69, 9.17) is 5.73 Å². The van der Waals surface area contributed by atoms with E-state index < -0.39 is 0 Å². The fourth-order valence-corrected chi connectivity index (χ4v) is 3.01. The molecule has 1 aliphatic heterocycles. The van der Waals surface area contributed by atoms with Crippen molar-refractivity contribution in [2.24, 2.45) is 5.92 Å². The second-order valence-corrected chi connectivity index (χ2v) is 5.51. The molecule has 0 bridgehead atoms. The number of benzene rings is 1. The molecule has 1 fully saturated rings. The van der Waals surface area contributed by atoms with E-state index in [1.54, 1.807) is 0 Å². The van der Waals surface area contributed by atoms with Crippen molar-refractivity contribution < 1.29 is 0 Å². The van der Waals surface area contributed by atoms with Crippen molar-refractivity contribution in [2.75, 3.05) is 18.8 Å². The van der Waals surface area contributed by atoms with Crippen LogP contribution >= 0.6 is 0 Å². The Morgan fingerprint density at radius 2 is 2.26 bits per heavy atom. The molecule has 0 radical (unpaired) electrons. The quantitative estimate of drug-likeness (QED) is 0.857. The van der Waals surface area contributed by atoms with Gasteiger partial charge in [-0.1, -0.05) is 19.4 Å². The maximum atomic E-state index is 6.02. The van der Waals surface area contributed by atoms with Gasteiger partial charge in [0.2, 0.25) is 0 Å². The largest absolute Gasteiger partial charge is 0.398 e. The van der Waals surface area contributed by atoms with Crippen LogP contribution in [0.4, 0.5) is 5.69 Å². The van der Waals surface area contributed by atoms with Gasteiger partial charge in [0.05, 0.1) is 5.52 Å². The average Bonchev–Trinajstić information content (AvgIpc) is 2.90. The molecule has 1 saturated heterocycles. The molecule has 100 valence electrons. The maximum absolute atomic E-state index is 6.02. The molecule has 2 heterocycles. The highest BCUT2D eigenvalue weighted by Crippen LogP contribution is 2.26. The molecule has 0 aliphatic carbocycles. The fourth-order valence-electron chi connectivity index (χ4n) is 3.01. The van der Waals surface area contributed by atoms with E-state index in [0.29, 0.717) is 0 Å². The van der Waals surface area contributed by atoms with E-state index in [-0.39, 0.29) is 0 Å². The van der Waals surface area contributed by atoms with Gasteiger partial charge in [-0.15, -0.1) is 0 Å². The Balaban J connectivity index is 1.87. The van der Waals surface area contributed by atoms with Gasteiger partial charge in [0.15, 0.2) is 0 Å². The summed E-state index contributed by atoms with van der Waals surface area (Å²) in [6.07, 6.45) is 4.47. The predicted molar refractivity (Wildman–Crippen MR) is 79.8 cm³/mol. The molecule has 0 spiro atoms. The molecule has 3 heteroatoms. The van der Waals surface area contributed by atoms with Gasteiger partial charge in [0.1, 0.15) is 0 Å². The molecule has 1 aromatic heterocycles. The summed E-state index contributed by atoms with van der Waals surface area (Å²) in [6, 6.07) is 8.14. The number of fused-ring (bicyclic) bond motifs is 1. The van der Waals surface area contributed by atoms with Gasteiger partial charge in [-0.05, 0) is 42.6 Å². The van der Waals surface area contributed by atoms with Crippen LogP contribution in [-0.4, -0.2) is 23.0 Å². The summed E-state index contributed by atoms with van der Waals surface area (Å²) < 4.78 is 0. The number of hydrogen-bond acceptors (Lipinski definition) is 3. The van der Waals surface area contributed by atoms with E-state index >= 15 is 0 Å². The van der Waals surface area contributed by atoms with Gasteiger partial charge in [-0.25, -0.2) is 0 Å². The van der Waals surface area contributed by atoms with Gasteiger partial charge >= 0.3 is 0 Å². The number of hydrogen-bond donors (Lipinski definition) is 1. The van der Waals surface area contributed by atoms with E-state index in [1.165, 1.54) is 31.5 Å². The SMILES string of the molecule is CCC1CCN(Cc2ccc(N)c3cccnc23)C1. The van der Waals surface area contributed by atoms with Gasteiger partial charge in [-0.3, -0.25) is 9.88 Å². The van der Waals surface area contributed by atoms with Crippen LogP contribution in [0.15, 0.2) is 30.5 Å². The number of aromatic nitrogens is 1. The summed E-state index contributed by atoms with van der Waals surface area (Å²) in [4.78, 5) is 7.05. The minimum Gasteiger partial charge on any atom is -0.398 e. The third-order valence-corrected chi connectivity index (χ3v) is 4.23. The van der Waals surface area contributed by atoms with Crippen LogP contribution in [0.1, 0.15) is 25.3 Å². The summed E-state index contributed by atoms with van der Waals surface area (Å²) in [5.41, 5.74) is 9.19. The van der Waals surface area contributed by atoms with Crippen molar-refractivity contribution in [3.63, 3.8) is 0 Å². The zero-order valence-corrected chi connectivity index (χ0v) is 11.5. The zero-order chi connectivity index (χ0) is 13.2. The van der Waals surface area contributed by atoms with E-state index in [1.807, 2.05) is 18.3 Å². The number of nitrogen functional groups attached to an aromatic ring is 1. The summed E-state index contributed by atoms with van der Waals surface area (Å²) in [6.45, 7) is 5.70. The third kappa shape index (κ3) is 2.43. The lowest BCUT2D eigenvalue weighted by Gasteiger charge is -2.17. The van der Waals surface area contributed by atoms with Crippen molar-refractivity contribution >= 4 is 16.6 Å². The molecule has 3 rings (SSSR count). The Labute approximate surface area is 114 Å². The van der Waals surface area contributed by atoms with Crippen LogP contribution in [0, 0.1) is 5.92 Å². The molecule has 3 nitrogen and oxygen atoms in total. The molecule has 19 heavy (non-hydrogen) atoms. The Morgan fingerprint density at radius 1 is 1.37 bits per heavy atom. The highest BCUT2D eigenvalue weighted by atomic mass is 15.1. The Morgan fingerprint density at radius 3 is 3.05 bits per heavy atom. The first-order chi connectivity index (χ1) is 9.28. The number of likely N-dealkylation sites (tertiary alicyclic amines) is 1. The Kier molecular flexibility index (Phi) is 3.38. The van der Waals surface area contributed by atoms with E-state index in [0.717, 1.165) is 29.1 Å². The summed E-state index contributed by atoms with van der Waals surface area (Å²) in [5, 5.41) is 1.08. The lowest BCUT2D eigenvalue weighted by Crippen LogP contribution is -2.20. The summed E-state index contributed by atoms with van der Waals surface area (Å²) >= 11 is 0. The van der Waals surface area contributed by atoms with Crippen molar-refractivity contribution in [3.05, 3.63) is 36.0 Å². The molecule has 2 N–H and O–H groups in total. The number of nitrogens with zero attached hydrogens (tertiary/aromatic N) is 2. The molecular formula is C16H21N3. The van der Waals surface area contributed by atoms with Gasteiger partial charge in [0.25, 0.3) is 0 Å². The normalized spacial score (nSPS) is 20.2. The van der Waals surface area contributed by atoms with Crippen molar-refractivity contribution in [1.82, 2.24) is 9.88 Å². The minimum atomic E-state index is 0.819. The van der Waals surface area contributed by atoms with Crippen molar-refractivity contribution in [2.45, 2.75) is 26.3 Å². The second-order valence-electron chi connectivity index (χ2n) is 5.51. The minimum absolute atomic E-state index is 0.819. The summed E-state index contributed by atoms with van der Waals surface area (Å²) in [5.74, 6) is 0.869. The van der Waals surface area contributed by atoms with Gasteiger partial charge in [0, 0.05) is 30.4 Å². The van der Waals surface area contributed by atoms with Crippen LogP contribution in [-0.2, 0) is 6.54 Å². The van der Waals surface area contributed by atoms with Crippen LogP contribution < -0.4 is 5.73 Å².